The predicted octanol–water partition coefficient (Wildman–Crippen LogP) is -0.0794. The van der Waals surface area contributed by atoms with E-state index < -0.39 is 5.41 Å². The van der Waals surface area contributed by atoms with E-state index in [0.29, 0.717) is 6.42 Å². The van der Waals surface area contributed by atoms with Gasteiger partial charge in [0.25, 0.3) is 0 Å². The van der Waals surface area contributed by atoms with Gasteiger partial charge in [-0.1, -0.05) is 0 Å². The van der Waals surface area contributed by atoms with E-state index in [0.717, 1.165) is 25.7 Å². The van der Waals surface area contributed by atoms with Gasteiger partial charge in [0.2, 0.25) is 11.8 Å². The van der Waals surface area contributed by atoms with Gasteiger partial charge < -0.3 is 11.1 Å². The highest BCUT2D eigenvalue weighted by molar-refractivity contribution is 5.86. The van der Waals surface area contributed by atoms with Crippen LogP contribution >= 0.6 is 0 Å². The second kappa shape index (κ2) is 2.72. The monoisotopic (exact) mass is 182 g/mol. The van der Waals surface area contributed by atoms with Gasteiger partial charge in [0.15, 0.2) is 0 Å². The van der Waals surface area contributed by atoms with Crippen LogP contribution in [0.4, 0.5) is 0 Å². The molecule has 2 amide bonds. The first-order valence-corrected chi connectivity index (χ1v) is 4.74. The van der Waals surface area contributed by atoms with Crippen LogP contribution < -0.4 is 11.1 Å². The molecule has 0 radical (unpaired) electrons. The van der Waals surface area contributed by atoms with Gasteiger partial charge in [-0.05, 0) is 25.7 Å². The molecule has 2 aliphatic rings. The van der Waals surface area contributed by atoms with Gasteiger partial charge in [-0.25, -0.2) is 0 Å². The Kier molecular flexibility index (Phi) is 1.78. The third-order valence-corrected chi connectivity index (χ3v) is 3.18. The van der Waals surface area contributed by atoms with E-state index in [1.54, 1.807) is 0 Å². The summed E-state index contributed by atoms with van der Waals surface area (Å²) in [6, 6.07) is 0.00579. The summed E-state index contributed by atoms with van der Waals surface area (Å²) in [5.74, 6) is -0.191. The third kappa shape index (κ3) is 1.30. The first-order valence-electron chi connectivity index (χ1n) is 4.74. The Labute approximate surface area is 76.9 Å². The highest BCUT2D eigenvalue weighted by Gasteiger charge is 2.55. The zero-order chi connectivity index (χ0) is 9.47. The summed E-state index contributed by atoms with van der Waals surface area (Å²) in [4.78, 5) is 22.3. The van der Waals surface area contributed by atoms with Crippen LogP contribution in [0.3, 0.4) is 0 Å². The fourth-order valence-electron chi connectivity index (χ4n) is 2.12. The van der Waals surface area contributed by atoms with Crippen LogP contribution in [0.1, 0.15) is 32.1 Å². The number of rotatable bonds is 2. The molecule has 1 heterocycles. The lowest BCUT2D eigenvalue weighted by atomic mass is 9.88. The third-order valence-electron chi connectivity index (χ3n) is 3.18. The summed E-state index contributed by atoms with van der Waals surface area (Å²) < 4.78 is 0. The number of hydrogen-bond donors (Lipinski definition) is 2. The van der Waals surface area contributed by atoms with E-state index in [1.165, 1.54) is 0 Å². The van der Waals surface area contributed by atoms with Crippen molar-refractivity contribution in [3.05, 3.63) is 0 Å². The summed E-state index contributed by atoms with van der Waals surface area (Å²) in [7, 11) is 0. The lowest BCUT2D eigenvalue weighted by molar-refractivity contribution is -0.128. The molecule has 3 N–H and O–H groups in total. The number of amides is 2. The van der Waals surface area contributed by atoms with Crippen molar-refractivity contribution in [1.82, 2.24) is 5.32 Å². The lowest BCUT2D eigenvalue weighted by Gasteiger charge is -2.29. The number of nitrogens with one attached hydrogen (secondary N) is 1. The molecular weight excluding hydrogens is 168 g/mol. The van der Waals surface area contributed by atoms with Gasteiger partial charge in [-0.2, -0.15) is 0 Å². The largest absolute Gasteiger partial charge is 0.369 e. The second-order valence-electron chi connectivity index (χ2n) is 4.03. The summed E-state index contributed by atoms with van der Waals surface area (Å²) in [5.41, 5.74) is 4.93. The average Bonchev–Trinajstić information content (AvgIpc) is 2.83. The number of nitrogens with two attached hydrogens (primary N) is 1. The maximum atomic E-state index is 11.2. The van der Waals surface area contributed by atoms with Crippen LogP contribution in [0.15, 0.2) is 0 Å². The van der Waals surface area contributed by atoms with Crippen LogP contribution in [-0.4, -0.2) is 17.9 Å². The Hall–Kier alpha value is -1.06. The maximum absolute atomic E-state index is 11.2. The van der Waals surface area contributed by atoms with Crippen LogP contribution in [0.5, 0.6) is 0 Å². The zero-order valence-corrected chi connectivity index (χ0v) is 7.51. The molecule has 0 aromatic rings. The minimum Gasteiger partial charge on any atom is -0.369 e. The number of piperidine rings is 1. The lowest BCUT2D eigenvalue weighted by Crippen LogP contribution is -2.49. The molecule has 0 aromatic carbocycles. The molecule has 1 saturated heterocycles. The average molecular weight is 182 g/mol. The van der Waals surface area contributed by atoms with Crippen molar-refractivity contribution in [3.63, 3.8) is 0 Å². The molecular formula is C9H14N2O2. The molecule has 0 aromatic heterocycles. The molecule has 1 aliphatic carbocycles. The number of carbonyl (C=O) groups excluding carboxylic acids is 2. The Morgan fingerprint density at radius 1 is 1.54 bits per heavy atom. The van der Waals surface area contributed by atoms with Crippen molar-refractivity contribution in [2.75, 3.05) is 0 Å². The van der Waals surface area contributed by atoms with Crippen LogP contribution in [0, 0.1) is 5.41 Å². The van der Waals surface area contributed by atoms with E-state index in [9.17, 15) is 9.59 Å². The molecule has 4 heteroatoms. The van der Waals surface area contributed by atoms with Gasteiger partial charge in [0.1, 0.15) is 0 Å². The molecule has 72 valence electrons. The standard InChI is InChI=1S/C9H14N2O2/c10-8(13)9(4-5-9)6-2-1-3-7(12)11-6/h6H,1-5H2,(H2,10,13)(H,11,12). The van der Waals surface area contributed by atoms with Crippen molar-refractivity contribution >= 4 is 11.8 Å². The number of primary amides is 1. The summed E-state index contributed by atoms with van der Waals surface area (Å²) in [6.07, 6.45) is 4.05. The molecule has 1 unspecified atom stereocenters. The van der Waals surface area contributed by atoms with Crippen molar-refractivity contribution < 1.29 is 9.59 Å². The maximum Gasteiger partial charge on any atom is 0.225 e. The molecule has 0 spiro atoms. The predicted molar refractivity (Wildman–Crippen MR) is 46.6 cm³/mol. The molecule has 1 aliphatic heterocycles. The molecule has 1 saturated carbocycles. The number of hydrogen-bond acceptors (Lipinski definition) is 2. The van der Waals surface area contributed by atoms with Crippen molar-refractivity contribution in [2.24, 2.45) is 11.1 Å². The highest BCUT2D eigenvalue weighted by atomic mass is 16.2. The Bertz CT molecular complexity index is 258. The summed E-state index contributed by atoms with van der Waals surface area (Å²) in [5, 5.41) is 2.86. The van der Waals surface area contributed by atoms with Crippen molar-refractivity contribution in [2.45, 2.75) is 38.1 Å². The van der Waals surface area contributed by atoms with Gasteiger partial charge in [0, 0.05) is 12.5 Å². The normalized spacial score (nSPS) is 30.8. The van der Waals surface area contributed by atoms with Gasteiger partial charge >= 0.3 is 0 Å². The Morgan fingerprint density at radius 3 is 2.69 bits per heavy atom. The minimum atomic E-state index is -0.393. The van der Waals surface area contributed by atoms with Gasteiger partial charge in [0.05, 0.1) is 5.41 Å². The Balaban J connectivity index is 2.07. The SMILES string of the molecule is NC(=O)C1(C2CCCC(=O)N2)CC1. The van der Waals surface area contributed by atoms with Crippen molar-refractivity contribution in [3.8, 4) is 0 Å². The molecule has 2 rings (SSSR count). The fourth-order valence-corrected chi connectivity index (χ4v) is 2.12. The van der Waals surface area contributed by atoms with Gasteiger partial charge in [-0.15, -0.1) is 0 Å². The van der Waals surface area contributed by atoms with Crippen LogP contribution in [0.2, 0.25) is 0 Å². The summed E-state index contributed by atoms with van der Waals surface area (Å²) in [6.45, 7) is 0. The Morgan fingerprint density at radius 2 is 2.23 bits per heavy atom. The summed E-state index contributed by atoms with van der Waals surface area (Å²) >= 11 is 0. The van der Waals surface area contributed by atoms with E-state index >= 15 is 0 Å². The quantitative estimate of drug-likeness (QED) is 0.627. The first kappa shape index (κ1) is 8.53. The molecule has 0 bridgehead atoms. The molecule has 2 fully saturated rings. The number of carbonyl (C=O) groups is 2. The van der Waals surface area contributed by atoms with E-state index in [1.807, 2.05) is 0 Å². The topological polar surface area (TPSA) is 72.2 Å². The fraction of sp³-hybridized carbons (Fsp3) is 0.778. The van der Waals surface area contributed by atoms with Gasteiger partial charge in [-0.3, -0.25) is 9.59 Å². The molecule has 13 heavy (non-hydrogen) atoms. The van der Waals surface area contributed by atoms with E-state index in [-0.39, 0.29) is 17.9 Å². The van der Waals surface area contributed by atoms with Crippen LogP contribution in [-0.2, 0) is 9.59 Å². The molecule has 4 nitrogen and oxygen atoms in total. The highest BCUT2D eigenvalue weighted by Crippen LogP contribution is 2.50. The van der Waals surface area contributed by atoms with Crippen molar-refractivity contribution in [1.29, 1.82) is 0 Å². The zero-order valence-electron chi connectivity index (χ0n) is 7.51. The van der Waals surface area contributed by atoms with E-state index in [2.05, 4.69) is 5.32 Å². The minimum absolute atomic E-state index is 0.00579. The smallest absolute Gasteiger partial charge is 0.225 e. The van der Waals surface area contributed by atoms with Crippen LogP contribution in [0.25, 0.3) is 0 Å². The van der Waals surface area contributed by atoms with E-state index in [4.69, 9.17) is 5.73 Å². The second-order valence-corrected chi connectivity index (χ2v) is 4.03. The molecule has 1 atom stereocenters. The first-order chi connectivity index (χ1) is 6.15.